The Morgan fingerprint density at radius 3 is 2.81 bits per heavy atom. The van der Waals surface area contributed by atoms with E-state index in [4.69, 9.17) is 5.41 Å². The Kier molecular flexibility index (Phi) is 1.68. The molecular weight excluding hydrogens is 212 g/mol. The van der Waals surface area contributed by atoms with Crippen molar-refractivity contribution in [3.8, 4) is 0 Å². The van der Waals surface area contributed by atoms with E-state index in [1.165, 1.54) is 4.68 Å². The summed E-state index contributed by atoms with van der Waals surface area (Å²) in [6, 6.07) is -0.0918. The van der Waals surface area contributed by atoms with Gasteiger partial charge in [-0.2, -0.15) is 13.9 Å². The van der Waals surface area contributed by atoms with Crippen LogP contribution in [-0.2, 0) is 5.92 Å². The van der Waals surface area contributed by atoms with E-state index in [-0.39, 0.29) is 17.7 Å². The molecule has 0 radical (unpaired) electrons. The van der Waals surface area contributed by atoms with Gasteiger partial charge in [0.15, 0.2) is 0 Å². The molecule has 3 nitrogen and oxygen atoms in total. The van der Waals surface area contributed by atoms with Crippen LogP contribution in [0.25, 0.3) is 0 Å². The van der Waals surface area contributed by atoms with E-state index in [2.05, 4.69) is 5.10 Å². The first kappa shape index (κ1) is 9.93. The minimum atomic E-state index is -2.75. The van der Waals surface area contributed by atoms with Crippen molar-refractivity contribution >= 4 is 6.21 Å². The third-order valence-corrected chi connectivity index (χ3v) is 3.54. The Bertz CT molecular complexity index is 476. The second-order valence-corrected chi connectivity index (χ2v) is 4.90. The van der Waals surface area contributed by atoms with Crippen LogP contribution in [0.5, 0.6) is 0 Å². The summed E-state index contributed by atoms with van der Waals surface area (Å²) in [6.45, 7) is 3.67. The van der Waals surface area contributed by atoms with E-state index in [1.807, 2.05) is 13.8 Å². The van der Waals surface area contributed by atoms with Crippen molar-refractivity contribution in [2.24, 2.45) is 5.92 Å². The van der Waals surface area contributed by atoms with Crippen LogP contribution in [0.3, 0.4) is 0 Å². The van der Waals surface area contributed by atoms with E-state index >= 15 is 0 Å². The van der Waals surface area contributed by atoms with E-state index in [1.54, 1.807) is 0 Å². The minimum Gasteiger partial charge on any atom is -0.306 e. The molecule has 1 N–H and O–H groups in total. The first-order chi connectivity index (χ1) is 7.48. The molecule has 0 aliphatic heterocycles. The molecule has 1 fully saturated rings. The summed E-state index contributed by atoms with van der Waals surface area (Å²) in [7, 11) is 0. The summed E-state index contributed by atoms with van der Waals surface area (Å²) >= 11 is 0. The molecule has 0 saturated heterocycles. The lowest BCUT2D eigenvalue weighted by molar-refractivity contribution is -0.0318. The Morgan fingerprint density at radius 1 is 1.56 bits per heavy atom. The average Bonchev–Trinajstić information content (AvgIpc) is 2.85. The van der Waals surface area contributed by atoms with Gasteiger partial charge in [0, 0.05) is 23.7 Å². The zero-order valence-corrected chi connectivity index (χ0v) is 9.17. The SMILES string of the molecule is CC(C)n1nc(C=N)c2c1C(F)(F)C1CC21. The molecule has 0 spiro atoms. The second-order valence-electron chi connectivity index (χ2n) is 4.90. The van der Waals surface area contributed by atoms with Crippen molar-refractivity contribution in [3.05, 3.63) is 17.0 Å². The normalized spacial score (nSPS) is 29.1. The predicted molar refractivity (Wildman–Crippen MR) is 55.2 cm³/mol. The van der Waals surface area contributed by atoms with Crippen LogP contribution in [0.1, 0.15) is 49.2 Å². The smallest absolute Gasteiger partial charge is 0.293 e. The summed E-state index contributed by atoms with van der Waals surface area (Å²) in [5, 5.41) is 11.4. The average molecular weight is 225 g/mol. The Hall–Kier alpha value is -1.26. The quantitative estimate of drug-likeness (QED) is 0.772. The summed E-state index contributed by atoms with van der Waals surface area (Å²) in [4.78, 5) is 0. The van der Waals surface area contributed by atoms with Gasteiger partial charge in [-0.15, -0.1) is 0 Å². The lowest BCUT2D eigenvalue weighted by Crippen LogP contribution is -2.21. The molecule has 2 unspecified atom stereocenters. The fourth-order valence-electron chi connectivity index (χ4n) is 2.73. The minimum absolute atomic E-state index is 0.0576. The molecule has 0 aromatic carbocycles. The highest BCUT2D eigenvalue weighted by Crippen LogP contribution is 2.67. The van der Waals surface area contributed by atoms with Crippen molar-refractivity contribution in [2.45, 2.75) is 38.2 Å². The van der Waals surface area contributed by atoms with Crippen LogP contribution in [0.15, 0.2) is 0 Å². The highest BCUT2D eigenvalue weighted by molar-refractivity contribution is 5.78. The highest BCUT2D eigenvalue weighted by atomic mass is 19.3. The first-order valence-electron chi connectivity index (χ1n) is 5.49. The van der Waals surface area contributed by atoms with E-state index in [0.717, 1.165) is 6.21 Å². The van der Waals surface area contributed by atoms with E-state index < -0.39 is 11.8 Å². The maximum atomic E-state index is 14.0. The van der Waals surface area contributed by atoms with Crippen molar-refractivity contribution in [3.63, 3.8) is 0 Å². The van der Waals surface area contributed by atoms with Crippen molar-refractivity contribution < 1.29 is 8.78 Å². The molecule has 86 valence electrons. The molecule has 1 aromatic rings. The maximum absolute atomic E-state index is 14.0. The van der Waals surface area contributed by atoms with Gasteiger partial charge in [0.1, 0.15) is 11.4 Å². The number of nitrogens with one attached hydrogen (secondary N) is 1. The van der Waals surface area contributed by atoms with Gasteiger partial charge >= 0.3 is 0 Å². The molecule has 3 rings (SSSR count). The van der Waals surface area contributed by atoms with Gasteiger partial charge in [-0.25, -0.2) is 0 Å². The highest BCUT2D eigenvalue weighted by Gasteiger charge is 2.66. The summed E-state index contributed by atoms with van der Waals surface area (Å²) in [5.41, 5.74) is 1.11. The maximum Gasteiger partial charge on any atom is 0.293 e. The van der Waals surface area contributed by atoms with Gasteiger partial charge in [-0.05, 0) is 26.2 Å². The third kappa shape index (κ3) is 0.961. The molecule has 0 amide bonds. The molecular formula is C11H13F2N3. The van der Waals surface area contributed by atoms with Crippen molar-refractivity contribution in [1.29, 1.82) is 5.41 Å². The molecule has 1 heterocycles. The Labute approximate surface area is 92.0 Å². The topological polar surface area (TPSA) is 41.7 Å². The lowest BCUT2D eigenvalue weighted by Gasteiger charge is -2.17. The molecule has 0 bridgehead atoms. The Balaban J connectivity index is 2.26. The lowest BCUT2D eigenvalue weighted by atomic mass is 10.1. The molecule has 2 aliphatic rings. The summed E-state index contributed by atoms with van der Waals surface area (Å²) < 4.78 is 29.4. The third-order valence-electron chi connectivity index (χ3n) is 3.54. The fourth-order valence-corrected chi connectivity index (χ4v) is 2.73. The summed E-state index contributed by atoms with van der Waals surface area (Å²) in [6.07, 6.45) is 1.64. The zero-order chi connectivity index (χ0) is 11.7. The van der Waals surface area contributed by atoms with Crippen LogP contribution in [0.4, 0.5) is 8.78 Å². The largest absolute Gasteiger partial charge is 0.306 e. The first-order valence-corrected chi connectivity index (χ1v) is 5.49. The van der Waals surface area contributed by atoms with Gasteiger partial charge in [-0.1, -0.05) is 0 Å². The van der Waals surface area contributed by atoms with Crippen LogP contribution in [0.2, 0.25) is 0 Å². The molecule has 2 atom stereocenters. The van der Waals surface area contributed by atoms with E-state index in [9.17, 15) is 8.78 Å². The van der Waals surface area contributed by atoms with Gasteiger partial charge in [0.05, 0.1) is 0 Å². The molecule has 1 saturated carbocycles. The monoisotopic (exact) mass is 225 g/mol. The van der Waals surface area contributed by atoms with Crippen molar-refractivity contribution in [2.75, 3.05) is 0 Å². The standard InChI is InChI=1S/C11H13F2N3/c1-5(2)16-10-9(8(4-14)15-16)6-3-7(6)11(10,12)13/h4-7,14H,3H2,1-2H3. The van der Waals surface area contributed by atoms with Crippen LogP contribution >= 0.6 is 0 Å². The van der Waals surface area contributed by atoms with E-state index in [0.29, 0.717) is 17.7 Å². The number of alkyl halides is 2. The number of hydrogen-bond donors (Lipinski definition) is 1. The number of rotatable bonds is 2. The van der Waals surface area contributed by atoms with Crippen LogP contribution < -0.4 is 0 Å². The summed E-state index contributed by atoms with van der Waals surface area (Å²) in [5.74, 6) is -3.35. The molecule has 2 aliphatic carbocycles. The molecule has 5 heteroatoms. The molecule has 1 aromatic heterocycles. The van der Waals surface area contributed by atoms with Crippen LogP contribution in [0, 0.1) is 11.3 Å². The number of hydrogen-bond acceptors (Lipinski definition) is 2. The van der Waals surface area contributed by atoms with Crippen LogP contribution in [-0.4, -0.2) is 16.0 Å². The second kappa shape index (κ2) is 2.70. The predicted octanol–water partition coefficient (Wildman–Crippen LogP) is 2.67. The van der Waals surface area contributed by atoms with Gasteiger partial charge in [-0.3, -0.25) is 4.68 Å². The van der Waals surface area contributed by atoms with Crippen molar-refractivity contribution in [1.82, 2.24) is 9.78 Å². The molecule has 16 heavy (non-hydrogen) atoms. The number of fused-ring (bicyclic) bond motifs is 3. The number of halogens is 2. The Morgan fingerprint density at radius 2 is 2.25 bits per heavy atom. The fraction of sp³-hybridized carbons (Fsp3) is 0.636. The zero-order valence-electron chi connectivity index (χ0n) is 9.17. The van der Waals surface area contributed by atoms with Gasteiger partial charge < -0.3 is 5.41 Å². The number of nitrogens with zero attached hydrogens (tertiary/aromatic N) is 2. The van der Waals surface area contributed by atoms with Gasteiger partial charge in [0.2, 0.25) is 0 Å². The number of aromatic nitrogens is 2. The van der Waals surface area contributed by atoms with Gasteiger partial charge in [0.25, 0.3) is 5.92 Å².